The zero-order valence-corrected chi connectivity index (χ0v) is 23.8. The molecule has 0 heterocycles. The number of ketones is 1. The molecular weight excluding hydrogens is 484 g/mol. The van der Waals surface area contributed by atoms with Gasteiger partial charge in [0.25, 0.3) is 0 Å². The topological polar surface area (TPSA) is 66.8 Å². The van der Waals surface area contributed by atoms with E-state index in [0.717, 1.165) is 50.5 Å². The summed E-state index contributed by atoms with van der Waals surface area (Å²) in [4.78, 5) is 13.5. The van der Waals surface area contributed by atoms with E-state index in [9.17, 15) is 15.0 Å². The van der Waals surface area contributed by atoms with Crippen LogP contribution in [0.4, 0.5) is 0 Å². The minimum absolute atomic E-state index is 0.0280. The van der Waals surface area contributed by atoms with E-state index in [1.807, 2.05) is 19.1 Å². The van der Waals surface area contributed by atoms with E-state index >= 15 is 0 Å². The molecule has 3 saturated carbocycles. The Kier molecular flexibility index (Phi) is 6.59. The second-order valence-electron chi connectivity index (χ2n) is 13.6. The number of carbonyl (C=O) groups is 1. The number of ether oxygens (including phenoxy) is 1. The first-order valence-corrected chi connectivity index (χ1v) is 15.0. The quantitative estimate of drug-likeness (QED) is 0.303. The van der Waals surface area contributed by atoms with Gasteiger partial charge in [-0.15, -0.1) is 0 Å². The van der Waals surface area contributed by atoms with Gasteiger partial charge in [0, 0.05) is 18.3 Å². The van der Waals surface area contributed by atoms with Crippen LogP contribution >= 0.6 is 0 Å². The van der Waals surface area contributed by atoms with E-state index in [-0.39, 0.29) is 22.0 Å². The van der Waals surface area contributed by atoms with Gasteiger partial charge < -0.3 is 14.9 Å². The van der Waals surface area contributed by atoms with Crippen molar-refractivity contribution in [2.45, 2.75) is 91.0 Å². The summed E-state index contributed by atoms with van der Waals surface area (Å²) in [5.74, 6) is 1.22. The Bertz CT molecular complexity index is 1250. The van der Waals surface area contributed by atoms with Gasteiger partial charge in [0.1, 0.15) is 11.5 Å². The first kappa shape index (κ1) is 26.8. The minimum atomic E-state index is -1.15. The summed E-state index contributed by atoms with van der Waals surface area (Å²) in [5.41, 5.74) is 3.44. The molecule has 0 spiro atoms. The van der Waals surface area contributed by atoms with Crippen molar-refractivity contribution in [3.05, 3.63) is 77.4 Å². The van der Waals surface area contributed by atoms with Crippen LogP contribution in [0.5, 0.6) is 5.75 Å². The highest BCUT2D eigenvalue weighted by Gasteiger charge is 2.65. The lowest BCUT2D eigenvalue weighted by molar-refractivity contribution is -0.231. The maximum atomic E-state index is 13.5. The van der Waals surface area contributed by atoms with Crippen molar-refractivity contribution in [2.75, 3.05) is 0 Å². The van der Waals surface area contributed by atoms with E-state index in [1.54, 1.807) is 12.1 Å². The number of hydrogen-bond donors (Lipinski definition) is 2. The van der Waals surface area contributed by atoms with E-state index < -0.39 is 5.79 Å². The molecule has 0 aliphatic heterocycles. The number of fused-ring (bicyclic) bond motifs is 5. The average molecular weight is 529 g/mol. The van der Waals surface area contributed by atoms with Gasteiger partial charge in [0.05, 0.1) is 6.61 Å². The van der Waals surface area contributed by atoms with Gasteiger partial charge in [-0.3, -0.25) is 4.79 Å². The van der Waals surface area contributed by atoms with Crippen molar-refractivity contribution in [2.24, 2.45) is 34.0 Å². The standard InChI is InChI=1S/C35H44O4/c1-24(36)34(21-25-7-5-4-6-8-25)18-16-31-29-14-11-27-22-35(38,39-23-26-9-12-28(37)13-10-26)20-19-32(27,2)30(29)15-17-33(31,34)3/h4-13,29-31,37-38H,14-23H2,1-3H3/t29-,30+,31+,32+,33+,34+,35-/m1/s1. The molecule has 0 amide bonds. The molecule has 39 heavy (non-hydrogen) atoms. The Balaban J connectivity index is 1.22. The highest BCUT2D eigenvalue weighted by Crippen LogP contribution is 2.70. The van der Waals surface area contributed by atoms with Gasteiger partial charge in [0.2, 0.25) is 0 Å². The number of carbonyl (C=O) groups excluding carboxylic acids is 1. The Morgan fingerprint density at radius 1 is 0.923 bits per heavy atom. The summed E-state index contributed by atoms with van der Waals surface area (Å²) in [6, 6.07) is 17.6. The highest BCUT2D eigenvalue weighted by atomic mass is 16.6. The third-order valence-electron chi connectivity index (χ3n) is 12.0. The summed E-state index contributed by atoms with van der Waals surface area (Å²) in [6.07, 6.45) is 10.9. The first-order chi connectivity index (χ1) is 18.6. The molecule has 208 valence electrons. The molecule has 0 bridgehead atoms. The number of phenolic OH excluding ortho intramolecular Hbond substituents is 1. The van der Waals surface area contributed by atoms with Crippen molar-refractivity contribution in [3.8, 4) is 5.75 Å². The molecule has 0 aromatic heterocycles. The molecule has 2 N–H and O–H groups in total. The van der Waals surface area contributed by atoms with Crippen LogP contribution < -0.4 is 0 Å². The minimum Gasteiger partial charge on any atom is -0.508 e. The molecular formula is C35H44O4. The van der Waals surface area contributed by atoms with Crippen LogP contribution in [-0.4, -0.2) is 21.8 Å². The third-order valence-corrected chi connectivity index (χ3v) is 12.0. The average Bonchev–Trinajstić information content (AvgIpc) is 3.23. The van der Waals surface area contributed by atoms with E-state index in [0.29, 0.717) is 43.0 Å². The second kappa shape index (κ2) is 9.59. The Morgan fingerprint density at radius 2 is 1.64 bits per heavy atom. The van der Waals surface area contributed by atoms with Crippen molar-refractivity contribution >= 4 is 5.78 Å². The number of benzene rings is 2. The summed E-state index contributed by atoms with van der Waals surface area (Å²) < 4.78 is 6.12. The molecule has 4 aliphatic carbocycles. The largest absolute Gasteiger partial charge is 0.508 e. The lowest BCUT2D eigenvalue weighted by Crippen LogP contribution is -2.55. The molecule has 2 aromatic rings. The first-order valence-electron chi connectivity index (χ1n) is 15.0. The van der Waals surface area contributed by atoms with Crippen LogP contribution in [0.1, 0.15) is 83.3 Å². The predicted octanol–water partition coefficient (Wildman–Crippen LogP) is 7.38. The van der Waals surface area contributed by atoms with Gasteiger partial charge in [-0.05, 0) is 104 Å². The van der Waals surface area contributed by atoms with Crippen LogP contribution in [0.2, 0.25) is 0 Å². The highest BCUT2D eigenvalue weighted by molar-refractivity contribution is 5.84. The van der Waals surface area contributed by atoms with Crippen molar-refractivity contribution in [1.82, 2.24) is 0 Å². The second-order valence-corrected chi connectivity index (χ2v) is 13.6. The lowest BCUT2D eigenvalue weighted by atomic mass is 9.44. The lowest BCUT2D eigenvalue weighted by Gasteiger charge is -2.60. The Morgan fingerprint density at radius 3 is 2.36 bits per heavy atom. The fourth-order valence-corrected chi connectivity index (χ4v) is 9.62. The van der Waals surface area contributed by atoms with Crippen LogP contribution in [0.15, 0.2) is 66.2 Å². The summed E-state index contributed by atoms with van der Waals surface area (Å²) in [5, 5.41) is 21.0. The smallest absolute Gasteiger partial charge is 0.169 e. The maximum absolute atomic E-state index is 13.5. The van der Waals surface area contributed by atoms with E-state index in [1.165, 1.54) is 11.1 Å². The number of rotatable bonds is 6. The zero-order chi connectivity index (χ0) is 27.5. The normalized spacial score (nSPS) is 39.3. The van der Waals surface area contributed by atoms with Crippen molar-refractivity contribution in [1.29, 1.82) is 0 Å². The zero-order valence-electron chi connectivity index (χ0n) is 23.8. The number of phenols is 1. The van der Waals surface area contributed by atoms with E-state index in [2.05, 4.69) is 50.3 Å². The fraction of sp³-hybridized carbons (Fsp3) is 0.571. The molecule has 0 unspecified atom stereocenters. The molecule has 0 radical (unpaired) electrons. The molecule has 7 atom stereocenters. The molecule has 6 rings (SSSR count). The monoisotopic (exact) mass is 528 g/mol. The molecule has 2 aromatic carbocycles. The number of hydrogen-bond acceptors (Lipinski definition) is 4. The Labute approximate surface area is 233 Å². The van der Waals surface area contributed by atoms with Gasteiger partial charge in [-0.25, -0.2) is 0 Å². The van der Waals surface area contributed by atoms with Crippen molar-refractivity contribution < 1.29 is 19.7 Å². The van der Waals surface area contributed by atoms with Gasteiger partial charge in [-0.2, -0.15) is 0 Å². The van der Waals surface area contributed by atoms with Gasteiger partial charge >= 0.3 is 0 Å². The predicted molar refractivity (Wildman–Crippen MR) is 153 cm³/mol. The summed E-state index contributed by atoms with van der Waals surface area (Å²) >= 11 is 0. The van der Waals surface area contributed by atoms with Gasteiger partial charge in [-0.1, -0.05) is 68.0 Å². The molecule has 4 heteroatoms. The molecule has 4 nitrogen and oxygen atoms in total. The number of aliphatic hydroxyl groups is 1. The third kappa shape index (κ3) is 4.30. The summed E-state index contributed by atoms with van der Waals surface area (Å²) in [7, 11) is 0. The SMILES string of the molecule is CC(=O)[C@@]1(Cc2ccccc2)CC[C@H]2[C@@H]3CC=C4C[C@](O)(OCc5ccc(O)cc5)CC[C@]4(C)[C@H]3CC[C@@]21C. The number of Topliss-reactive ketones (excluding diaryl/α,β-unsaturated/α-hetero) is 1. The Hall–Kier alpha value is -2.43. The van der Waals surface area contributed by atoms with Gasteiger partial charge in [0.15, 0.2) is 5.79 Å². The molecule has 4 aliphatic rings. The number of allylic oxidation sites excluding steroid dienone is 1. The molecule has 0 saturated heterocycles. The summed E-state index contributed by atoms with van der Waals surface area (Å²) in [6.45, 7) is 7.07. The number of aromatic hydroxyl groups is 1. The molecule has 3 fully saturated rings. The van der Waals surface area contributed by atoms with Crippen LogP contribution in [-0.2, 0) is 22.6 Å². The maximum Gasteiger partial charge on any atom is 0.169 e. The van der Waals surface area contributed by atoms with Crippen LogP contribution in [0.3, 0.4) is 0 Å². The van der Waals surface area contributed by atoms with E-state index in [4.69, 9.17) is 4.74 Å². The fourth-order valence-electron chi connectivity index (χ4n) is 9.62. The van der Waals surface area contributed by atoms with Crippen LogP contribution in [0, 0.1) is 34.0 Å². The van der Waals surface area contributed by atoms with Crippen molar-refractivity contribution in [3.63, 3.8) is 0 Å². The van der Waals surface area contributed by atoms with Crippen LogP contribution in [0.25, 0.3) is 0 Å².